The molecule has 0 saturated heterocycles. The van der Waals surface area contributed by atoms with Crippen molar-refractivity contribution in [3.05, 3.63) is 54.1 Å². The third kappa shape index (κ3) is 3.18. The number of benzene rings is 2. The van der Waals surface area contributed by atoms with Crippen LogP contribution in [0.3, 0.4) is 0 Å². The molecule has 0 aliphatic rings. The summed E-state index contributed by atoms with van der Waals surface area (Å²) in [5.41, 5.74) is 3.07. The van der Waals surface area contributed by atoms with Crippen molar-refractivity contribution in [2.24, 2.45) is 0 Å². The predicted octanol–water partition coefficient (Wildman–Crippen LogP) is 2.85. The summed E-state index contributed by atoms with van der Waals surface area (Å²) >= 11 is 0. The number of hydrogen-bond acceptors (Lipinski definition) is 2. The summed E-state index contributed by atoms with van der Waals surface area (Å²) in [4.78, 5) is 0. The van der Waals surface area contributed by atoms with Crippen LogP contribution in [0.15, 0.2) is 48.5 Å². The predicted molar refractivity (Wildman–Crippen MR) is 64.4 cm³/mol. The van der Waals surface area contributed by atoms with Gasteiger partial charge < -0.3 is 9.84 Å². The average molecular weight is 398 g/mol. The molecular formula is C14H14O2W. The Hall–Kier alpha value is -1.11. The van der Waals surface area contributed by atoms with E-state index in [1.807, 2.05) is 48.5 Å². The first-order valence-corrected chi connectivity index (χ1v) is 5.18. The maximum atomic E-state index is 8.98. The Labute approximate surface area is 116 Å². The Morgan fingerprint density at radius 1 is 1.00 bits per heavy atom. The van der Waals surface area contributed by atoms with Crippen LogP contribution in [0.2, 0.25) is 0 Å². The molecule has 2 nitrogen and oxygen atoms in total. The molecule has 2 rings (SSSR count). The maximum Gasteiger partial charge on any atom is 0.126 e. The Kier molecular flexibility index (Phi) is 5.40. The second-order valence-corrected chi connectivity index (χ2v) is 3.56. The van der Waals surface area contributed by atoms with Crippen molar-refractivity contribution in [1.82, 2.24) is 0 Å². The first-order chi connectivity index (χ1) is 7.85. The molecule has 0 spiro atoms. The molecule has 0 aliphatic heterocycles. The molecule has 0 amide bonds. The third-order valence-corrected chi connectivity index (χ3v) is 2.55. The van der Waals surface area contributed by atoms with E-state index in [2.05, 4.69) is 0 Å². The standard InChI is InChI=1S/C14H14O2.W/c1-16-14-5-3-2-4-13(14)12-8-6-11(10-15)7-9-12;/h2-9,15H,10H2,1H3;. The van der Waals surface area contributed by atoms with Crippen LogP contribution in [0.4, 0.5) is 0 Å². The summed E-state index contributed by atoms with van der Waals surface area (Å²) in [5.74, 6) is 0.860. The van der Waals surface area contributed by atoms with E-state index in [-0.39, 0.29) is 27.7 Å². The molecule has 0 aromatic heterocycles. The van der Waals surface area contributed by atoms with E-state index in [0.717, 1.165) is 22.4 Å². The molecule has 0 radical (unpaired) electrons. The molecule has 0 heterocycles. The number of aliphatic hydroxyl groups excluding tert-OH is 1. The molecule has 2 aromatic carbocycles. The van der Waals surface area contributed by atoms with Gasteiger partial charge in [-0.2, -0.15) is 0 Å². The quantitative estimate of drug-likeness (QED) is 0.862. The van der Waals surface area contributed by atoms with Crippen molar-refractivity contribution in [3.8, 4) is 16.9 Å². The second kappa shape index (κ2) is 6.58. The topological polar surface area (TPSA) is 29.5 Å². The van der Waals surface area contributed by atoms with Crippen LogP contribution in [0.5, 0.6) is 5.75 Å². The van der Waals surface area contributed by atoms with Crippen LogP contribution in [0.25, 0.3) is 11.1 Å². The van der Waals surface area contributed by atoms with Gasteiger partial charge in [-0.15, -0.1) is 0 Å². The van der Waals surface area contributed by atoms with Gasteiger partial charge in [-0.05, 0) is 17.2 Å². The molecule has 0 saturated carbocycles. The minimum absolute atomic E-state index is 0. The molecule has 3 heteroatoms. The van der Waals surface area contributed by atoms with Crippen LogP contribution in [-0.2, 0) is 27.7 Å². The summed E-state index contributed by atoms with van der Waals surface area (Å²) in [6.07, 6.45) is 0. The molecule has 88 valence electrons. The molecule has 0 bridgehead atoms. The molecule has 0 fully saturated rings. The van der Waals surface area contributed by atoms with Crippen LogP contribution < -0.4 is 4.74 Å². The number of rotatable bonds is 3. The van der Waals surface area contributed by atoms with Gasteiger partial charge in [0, 0.05) is 26.6 Å². The fraction of sp³-hybridized carbons (Fsp3) is 0.143. The van der Waals surface area contributed by atoms with Gasteiger partial charge in [0.05, 0.1) is 13.7 Å². The van der Waals surface area contributed by atoms with Gasteiger partial charge >= 0.3 is 0 Å². The van der Waals surface area contributed by atoms with E-state index in [4.69, 9.17) is 9.84 Å². The molecule has 0 aliphatic carbocycles. The van der Waals surface area contributed by atoms with Crippen molar-refractivity contribution < 1.29 is 30.9 Å². The second-order valence-electron chi connectivity index (χ2n) is 3.56. The van der Waals surface area contributed by atoms with Gasteiger partial charge in [0.2, 0.25) is 0 Å². The van der Waals surface area contributed by atoms with E-state index in [1.54, 1.807) is 7.11 Å². The van der Waals surface area contributed by atoms with E-state index in [1.165, 1.54) is 0 Å². The Balaban J connectivity index is 0.00000144. The fourth-order valence-corrected chi connectivity index (χ4v) is 1.67. The van der Waals surface area contributed by atoms with Gasteiger partial charge in [-0.25, -0.2) is 0 Å². The van der Waals surface area contributed by atoms with Crippen molar-refractivity contribution in [2.75, 3.05) is 7.11 Å². The summed E-state index contributed by atoms with van der Waals surface area (Å²) in [6.45, 7) is 0.0756. The number of methoxy groups -OCH3 is 1. The molecule has 0 unspecified atom stereocenters. The summed E-state index contributed by atoms with van der Waals surface area (Å²) in [7, 11) is 1.67. The number of ether oxygens (including phenoxy) is 1. The van der Waals surface area contributed by atoms with Gasteiger partial charge in [0.1, 0.15) is 5.75 Å². The maximum absolute atomic E-state index is 8.98. The van der Waals surface area contributed by atoms with Crippen LogP contribution >= 0.6 is 0 Å². The van der Waals surface area contributed by atoms with Gasteiger partial charge in [0.25, 0.3) is 0 Å². The first-order valence-electron chi connectivity index (χ1n) is 5.18. The number of aliphatic hydroxyl groups is 1. The van der Waals surface area contributed by atoms with Gasteiger partial charge in [-0.1, -0.05) is 42.5 Å². The monoisotopic (exact) mass is 398 g/mol. The van der Waals surface area contributed by atoms with Gasteiger partial charge in [0.15, 0.2) is 0 Å². The first kappa shape index (κ1) is 14.0. The summed E-state index contributed by atoms with van der Waals surface area (Å²) in [5, 5.41) is 8.98. The zero-order valence-electron chi connectivity index (χ0n) is 9.59. The molecule has 0 atom stereocenters. The van der Waals surface area contributed by atoms with Crippen LogP contribution in [0.1, 0.15) is 5.56 Å². The molecule has 17 heavy (non-hydrogen) atoms. The number of hydrogen-bond donors (Lipinski definition) is 1. The van der Waals surface area contributed by atoms with Crippen LogP contribution in [0, 0.1) is 0 Å². The summed E-state index contributed by atoms with van der Waals surface area (Å²) < 4.78 is 5.31. The molecule has 2 aromatic rings. The summed E-state index contributed by atoms with van der Waals surface area (Å²) in [6, 6.07) is 15.7. The van der Waals surface area contributed by atoms with E-state index >= 15 is 0 Å². The largest absolute Gasteiger partial charge is 0.496 e. The minimum atomic E-state index is 0. The normalized spacial score (nSPS) is 9.53. The van der Waals surface area contributed by atoms with Crippen molar-refractivity contribution in [2.45, 2.75) is 6.61 Å². The zero-order chi connectivity index (χ0) is 11.4. The third-order valence-electron chi connectivity index (χ3n) is 2.55. The molecular weight excluding hydrogens is 384 g/mol. The fourth-order valence-electron chi connectivity index (χ4n) is 1.67. The minimum Gasteiger partial charge on any atom is -0.496 e. The van der Waals surface area contributed by atoms with E-state index in [0.29, 0.717) is 0 Å². The van der Waals surface area contributed by atoms with Gasteiger partial charge in [-0.3, -0.25) is 0 Å². The molecule has 1 N–H and O–H groups in total. The van der Waals surface area contributed by atoms with Crippen molar-refractivity contribution >= 4 is 0 Å². The van der Waals surface area contributed by atoms with Crippen LogP contribution in [-0.4, -0.2) is 12.2 Å². The SMILES string of the molecule is COc1ccccc1-c1ccc(CO)cc1.[W]. The number of para-hydroxylation sites is 1. The van der Waals surface area contributed by atoms with E-state index < -0.39 is 0 Å². The Bertz CT molecular complexity index is 466. The van der Waals surface area contributed by atoms with E-state index in [9.17, 15) is 0 Å². The van der Waals surface area contributed by atoms with Crippen molar-refractivity contribution in [1.29, 1.82) is 0 Å². The zero-order valence-corrected chi connectivity index (χ0v) is 12.5. The Morgan fingerprint density at radius 3 is 2.24 bits per heavy atom. The van der Waals surface area contributed by atoms with Crippen molar-refractivity contribution in [3.63, 3.8) is 0 Å². The average Bonchev–Trinajstić information content (AvgIpc) is 2.39. The smallest absolute Gasteiger partial charge is 0.126 e. The Morgan fingerprint density at radius 2 is 1.65 bits per heavy atom.